The molecular weight excluding hydrogens is 425 g/mol. The molecule has 4 rings (SSSR count). The molecule has 1 unspecified atom stereocenters. The van der Waals surface area contributed by atoms with E-state index >= 15 is 0 Å². The fourth-order valence-electron chi connectivity index (χ4n) is 6.43. The van der Waals surface area contributed by atoms with E-state index in [2.05, 4.69) is 15.9 Å². The maximum absolute atomic E-state index is 14.7. The summed E-state index contributed by atoms with van der Waals surface area (Å²) < 4.78 is 47.7. The number of benzene rings is 1. The summed E-state index contributed by atoms with van der Waals surface area (Å²) in [5.74, 6) is -2.69. The molecule has 2 saturated heterocycles. The van der Waals surface area contributed by atoms with Crippen LogP contribution in [0.3, 0.4) is 0 Å². The lowest BCUT2D eigenvalue weighted by atomic mass is 9.64. The second kappa shape index (κ2) is 11.1. The molecule has 0 bridgehead atoms. The highest BCUT2D eigenvalue weighted by Crippen LogP contribution is 2.48. The molecule has 3 nitrogen and oxygen atoms in total. The first-order valence-electron chi connectivity index (χ1n) is 13.0. The van der Waals surface area contributed by atoms with Gasteiger partial charge in [-0.3, -0.25) is 9.29 Å². The number of alkyl halides is 3. The number of ether oxygens (including phenoxy) is 1. The normalized spacial score (nSPS) is 24.6. The van der Waals surface area contributed by atoms with Gasteiger partial charge in [0.15, 0.2) is 0 Å². The SMILES string of the molecule is CC(F)(F)Cc1cccc(C(CN2CCC(N3CCOCC3)CC2)C2(CF)CCCCC2)c1. The largest absolute Gasteiger partial charge is 0.379 e. The monoisotopic (exact) mass is 466 g/mol. The van der Waals surface area contributed by atoms with Crippen LogP contribution in [-0.2, 0) is 11.2 Å². The highest BCUT2D eigenvalue weighted by Gasteiger charge is 2.42. The van der Waals surface area contributed by atoms with Gasteiger partial charge >= 0.3 is 0 Å². The van der Waals surface area contributed by atoms with Crippen molar-refractivity contribution in [2.45, 2.75) is 76.2 Å². The number of nitrogens with zero attached hydrogens (tertiary/aromatic N) is 2. The van der Waals surface area contributed by atoms with Gasteiger partial charge in [-0.15, -0.1) is 0 Å². The zero-order chi connectivity index (χ0) is 23.3. The van der Waals surface area contributed by atoms with Gasteiger partial charge in [-0.2, -0.15) is 0 Å². The summed E-state index contributed by atoms with van der Waals surface area (Å²) in [7, 11) is 0. The Morgan fingerprint density at radius 3 is 2.39 bits per heavy atom. The Balaban J connectivity index is 1.50. The summed E-state index contributed by atoms with van der Waals surface area (Å²) in [5.41, 5.74) is 1.33. The average molecular weight is 467 g/mol. The van der Waals surface area contributed by atoms with E-state index in [4.69, 9.17) is 4.74 Å². The lowest BCUT2D eigenvalue weighted by Gasteiger charge is -2.46. The molecule has 2 aliphatic heterocycles. The lowest BCUT2D eigenvalue weighted by molar-refractivity contribution is -0.00284. The van der Waals surface area contributed by atoms with Crippen molar-refractivity contribution in [2.24, 2.45) is 5.41 Å². The van der Waals surface area contributed by atoms with Crippen LogP contribution in [0.2, 0.25) is 0 Å². The van der Waals surface area contributed by atoms with E-state index < -0.39 is 5.92 Å². The summed E-state index contributed by atoms with van der Waals surface area (Å²) in [6.07, 6.45) is 7.09. The van der Waals surface area contributed by atoms with Gasteiger partial charge in [0.2, 0.25) is 5.92 Å². The topological polar surface area (TPSA) is 15.7 Å². The molecule has 186 valence electrons. The van der Waals surface area contributed by atoms with Crippen LogP contribution in [0.4, 0.5) is 13.2 Å². The molecule has 3 aliphatic rings. The van der Waals surface area contributed by atoms with Crippen LogP contribution in [0.25, 0.3) is 0 Å². The first-order valence-corrected chi connectivity index (χ1v) is 13.0. The standard InChI is InChI=1S/C27H41F3N2O/c1-26(29,30)19-22-6-5-7-23(18-22)25(27(21-28)10-3-2-4-11-27)20-31-12-8-24(9-13-31)32-14-16-33-17-15-32/h5-7,18,24-25H,2-4,8-17,19-21H2,1H3. The van der Waals surface area contributed by atoms with E-state index in [1.807, 2.05) is 12.1 Å². The predicted octanol–water partition coefficient (Wildman–Crippen LogP) is 5.68. The van der Waals surface area contributed by atoms with Crippen LogP contribution in [-0.4, -0.2) is 74.4 Å². The van der Waals surface area contributed by atoms with Gasteiger partial charge in [-0.05, 0) is 56.8 Å². The van der Waals surface area contributed by atoms with Gasteiger partial charge in [-0.25, -0.2) is 8.78 Å². The first kappa shape index (κ1) is 25.0. The maximum Gasteiger partial charge on any atom is 0.249 e. The van der Waals surface area contributed by atoms with Crippen molar-refractivity contribution >= 4 is 0 Å². The number of piperidine rings is 1. The molecule has 0 spiro atoms. The zero-order valence-electron chi connectivity index (χ0n) is 20.2. The molecule has 1 atom stereocenters. The maximum atomic E-state index is 14.7. The van der Waals surface area contributed by atoms with Gasteiger partial charge in [0.25, 0.3) is 0 Å². The van der Waals surface area contributed by atoms with Gasteiger partial charge in [0, 0.05) is 43.4 Å². The molecular formula is C27H41F3N2O. The van der Waals surface area contributed by atoms with E-state index in [0.717, 1.165) is 96.9 Å². The van der Waals surface area contributed by atoms with E-state index in [1.165, 1.54) is 6.42 Å². The van der Waals surface area contributed by atoms with Crippen LogP contribution in [0.1, 0.15) is 68.9 Å². The molecule has 3 fully saturated rings. The number of rotatable bonds is 8. The fourth-order valence-corrected chi connectivity index (χ4v) is 6.43. The minimum Gasteiger partial charge on any atom is -0.379 e. The molecule has 0 amide bonds. The first-order chi connectivity index (χ1) is 15.9. The number of morpholine rings is 1. The molecule has 33 heavy (non-hydrogen) atoms. The van der Waals surface area contributed by atoms with E-state index in [-0.39, 0.29) is 24.4 Å². The van der Waals surface area contributed by atoms with Crippen molar-refractivity contribution in [1.29, 1.82) is 0 Å². The van der Waals surface area contributed by atoms with E-state index in [0.29, 0.717) is 11.6 Å². The van der Waals surface area contributed by atoms with Gasteiger partial charge in [0.1, 0.15) is 0 Å². The number of halogens is 3. The van der Waals surface area contributed by atoms with E-state index in [9.17, 15) is 13.2 Å². The van der Waals surface area contributed by atoms with Gasteiger partial charge in [0.05, 0.1) is 19.9 Å². The van der Waals surface area contributed by atoms with Crippen molar-refractivity contribution in [2.75, 3.05) is 52.6 Å². The molecule has 2 heterocycles. The van der Waals surface area contributed by atoms with Gasteiger partial charge < -0.3 is 9.64 Å². The molecule has 1 aromatic rings. The Hall–Kier alpha value is -1.11. The average Bonchev–Trinajstić information content (AvgIpc) is 2.83. The molecule has 0 N–H and O–H groups in total. The Labute approximate surface area is 197 Å². The van der Waals surface area contributed by atoms with Crippen molar-refractivity contribution in [1.82, 2.24) is 9.80 Å². The Morgan fingerprint density at radius 2 is 1.76 bits per heavy atom. The second-order valence-electron chi connectivity index (χ2n) is 10.8. The van der Waals surface area contributed by atoms with Crippen molar-refractivity contribution in [3.63, 3.8) is 0 Å². The Morgan fingerprint density at radius 1 is 1.06 bits per heavy atom. The van der Waals surface area contributed by atoms with Gasteiger partial charge in [-0.1, -0.05) is 43.5 Å². The quantitative estimate of drug-likeness (QED) is 0.490. The number of hydrogen-bond acceptors (Lipinski definition) is 3. The fraction of sp³-hybridized carbons (Fsp3) is 0.778. The molecule has 1 saturated carbocycles. The molecule has 6 heteroatoms. The minimum atomic E-state index is -2.74. The van der Waals surface area contributed by atoms with Crippen LogP contribution in [0, 0.1) is 5.41 Å². The third-order valence-electron chi connectivity index (χ3n) is 8.28. The highest BCUT2D eigenvalue weighted by molar-refractivity contribution is 5.30. The van der Waals surface area contributed by atoms with Crippen LogP contribution in [0.15, 0.2) is 24.3 Å². The number of hydrogen-bond donors (Lipinski definition) is 0. The summed E-state index contributed by atoms with van der Waals surface area (Å²) >= 11 is 0. The minimum absolute atomic E-state index is 0.0492. The van der Waals surface area contributed by atoms with Crippen LogP contribution in [0.5, 0.6) is 0 Å². The Bertz CT molecular complexity index is 733. The van der Waals surface area contributed by atoms with Crippen molar-refractivity contribution < 1.29 is 17.9 Å². The van der Waals surface area contributed by atoms with E-state index in [1.54, 1.807) is 6.07 Å². The van der Waals surface area contributed by atoms with Crippen molar-refractivity contribution in [3.05, 3.63) is 35.4 Å². The third-order valence-corrected chi connectivity index (χ3v) is 8.28. The van der Waals surface area contributed by atoms with Crippen LogP contribution < -0.4 is 0 Å². The summed E-state index contributed by atoms with van der Waals surface area (Å²) in [6, 6.07) is 8.28. The smallest absolute Gasteiger partial charge is 0.249 e. The molecule has 1 aliphatic carbocycles. The summed E-state index contributed by atoms with van der Waals surface area (Å²) in [6.45, 7) is 7.21. The molecule has 0 aromatic heterocycles. The number of likely N-dealkylation sites (tertiary alicyclic amines) is 1. The second-order valence-corrected chi connectivity index (χ2v) is 10.8. The third kappa shape index (κ3) is 6.52. The van der Waals surface area contributed by atoms with Crippen molar-refractivity contribution in [3.8, 4) is 0 Å². The summed E-state index contributed by atoms with van der Waals surface area (Å²) in [4.78, 5) is 5.08. The molecule has 1 aromatic carbocycles. The summed E-state index contributed by atoms with van der Waals surface area (Å²) in [5, 5.41) is 0. The molecule has 0 radical (unpaired) electrons. The van der Waals surface area contributed by atoms with Crippen LogP contribution >= 0.6 is 0 Å². The zero-order valence-corrected chi connectivity index (χ0v) is 20.2. The predicted molar refractivity (Wildman–Crippen MR) is 127 cm³/mol. The highest BCUT2D eigenvalue weighted by atomic mass is 19.3. The Kier molecular flexibility index (Phi) is 8.40. The lowest BCUT2D eigenvalue weighted by Crippen LogP contribution is -2.50.